The summed E-state index contributed by atoms with van der Waals surface area (Å²) in [6, 6.07) is 7.14. The maximum absolute atomic E-state index is 11.1. The van der Waals surface area contributed by atoms with Gasteiger partial charge >= 0.3 is 5.97 Å². The third kappa shape index (κ3) is 4.67. The standard InChI is InChI=1S/C19H28N2O2S/c1-14-2-3-15(13-21-8-10-24-11-9-21)12-18(14)20-17-6-4-16(5-7-17)19(22)23/h2-3,12,16-17,20H,4-11,13H2,1H3,(H,22,23). The van der Waals surface area contributed by atoms with Crippen LogP contribution < -0.4 is 5.32 Å². The Morgan fingerprint density at radius 3 is 2.62 bits per heavy atom. The fourth-order valence-corrected chi connectivity index (χ4v) is 4.62. The van der Waals surface area contributed by atoms with Crippen LogP contribution in [0.2, 0.25) is 0 Å². The molecule has 24 heavy (non-hydrogen) atoms. The predicted molar refractivity (Wildman–Crippen MR) is 101 cm³/mol. The monoisotopic (exact) mass is 348 g/mol. The number of thioether (sulfide) groups is 1. The number of nitrogens with one attached hydrogen (secondary N) is 1. The van der Waals surface area contributed by atoms with Crippen molar-refractivity contribution in [3.63, 3.8) is 0 Å². The van der Waals surface area contributed by atoms with Gasteiger partial charge in [-0.1, -0.05) is 12.1 Å². The Hall–Kier alpha value is -1.20. The zero-order chi connectivity index (χ0) is 16.9. The lowest BCUT2D eigenvalue weighted by atomic mass is 9.86. The van der Waals surface area contributed by atoms with E-state index in [9.17, 15) is 4.79 Å². The maximum atomic E-state index is 11.1. The van der Waals surface area contributed by atoms with Crippen molar-refractivity contribution >= 4 is 23.4 Å². The van der Waals surface area contributed by atoms with Crippen molar-refractivity contribution in [3.05, 3.63) is 29.3 Å². The van der Waals surface area contributed by atoms with Gasteiger partial charge in [-0.15, -0.1) is 0 Å². The number of benzene rings is 1. The largest absolute Gasteiger partial charge is 0.481 e. The van der Waals surface area contributed by atoms with Gasteiger partial charge in [0.15, 0.2) is 0 Å². The van der Waals surface area contributed by atoms with Gasteiger partial charge in [0.1, 0.15) is 0 Å². The molecule has 2 aliphatic rings. The van der Waals surface area contributed by atoms with E-state index in [0.717, 1.165) is 32.2 Å². The number of hydrogen-bond donors (Lipinski definition) is 2. The molecule has 5 heteroatoms. The van der Waals surface area contributed by atoms with E-state index in [1.54, 1.807) is 0 Å². The third-order valence-corrected chi connectivity index (χ3v) is 6.19. The molecule has 1 heterocycles. The molecule has 0 bridgehead atoms. The van der Waals surface area contributed by atoms with E-state index in [-0.39, 0.29) is 5.92 Å². The van der Waals surface area contributed by atoms with E-state index in [1.165, 1.54) is 41.4 Å². The number of aliphatic carboxylic acids is 1. The van der Waals surface area contributed by atoms with Crippen LogP contribution in [0.3, 0.4) is 0 Å². The summed E-state index contributed by atoms with van der Waals surface area (Å²) in [7, 11) is 0. The molecule has 132 valence electrons. The van der Waals surface area contributed by atoms with Crippen LogP contribution in [0.1, 0.15) is 36.8 Å². The van der Waals surface area contributed by atoms with E-state index in [0.29, 0.717) is 6.04 Å². The summed E-state index contributed by atoms with van der Waals surface area (Å²) in [6.45, 7) is 5.54. The Kier molecular flexibility index (Phi) is 6.06. The second-order valence-corrected chi connectivity index (χ2v) is 8.29. The number of anilines is 1. The van der Waals surface area contributed by atoms with Crippen molar-refractivity contribution in [2.24, 2.45) is 5.92 Å². The molecule has 0 amide bonds. The molecule has 1 aromatic rings. The third-order valence-electron chi connectivity index (χ3n) is 5.25. The average molecular weight is 349 g/mol. The molecule has 1 aromatic carbocycles. The molecular formula is C19H28N2O2S. The van der Waals surface area contributed by atoms with Gasteiger partial charge in [0.05, 0.1) is 5.92 Å². The Balaban J connectivity index is 1.58. The Morgan fingerprint density at radius 2 is 1.96 bits per heavy atom. The number of carboxylic acid groups (broad SMARTS) is 1. The first-order chi connectivity index (χ1) is 11.6. The van der Waals surface area contributed by atoms with Crippen LogP contribution in [0.5, 0.6) is 0 Å². The van der Waals surface area contributed by atoms with Crippen molar-refractivity contribution < 1.29 is 9.90 Å². The lowest BCUT2D eigenvalue weighted by Crippen LogP contribution is -2.32. The Morgan fingerprint density at radius 1 is 1.25 bits per heavy atom. The second kappa shape index (κ2) is 8.26. The first-order valence-electron chi connectivity index (χ1n) is 9.01. The predicted octanol–water partition coefficient (Wildman–Crippen LogP) is 3.60. The van der Waals surface area contributed by atoms with Crippen LogP contribution in [0, 0.1) is 12.8 Å². The molecule has 0 spiro atoms. The second-order valence-electron chi connectivity index (χ2n) is 7.07. The minimum absolute atomic E-state index is 0.146. The molecule has 4 nitrogen and oxygen atoms in total. The highest BCUT2D eigenvalue weighted by Crippen LogP contribution is 2.28. The lowest BCUT2D eigenvalue weighted by Gasteiger charge is -2.29. The van der Waals surface area contributed by atoms with Gasteiger partial charge in [0.25, 0.3) is 0 Å². The highest BCUT2D eigenvalue weighted by molar-refractivity contribution is 7.99. The summed E-state index contributed by atoms with van der Waals surface area (Å²) in [6.07, 6.45) is 3.47. The first kappa shape index (κ1) is 17.6. The van der Waals surface area contributed by atoms with Gasteiger partial charge < -0.3 is 10.4 Å². The first-order valence-corrected chi connectivity index (χ1v) is 10.2. The van der Waals surface area contributed by atoms with Crippen molar-refractivity contribution in [3.8, 4) is 0 Å². The van der Waals surface area contributed by atoms with Gasteiger partial charge in [0.2, 0.25) is 0 Å². The van der Waals surface area contributed by atoms with Gasteiger partial charge in [-0.05, 0) is 49.8 Å². The minimum Gasteiger partial charge on any atom is -0.481 e. The van der Waals surface area contributed by atoms with Crippen molar-refractivity contribution in [2.75, 3.05) is 29.9 Å². The molecule has 0 unspecified atom stereocenters. The van der Waals surface area contributed by atoms with Crippen LogP contribution in [-0.4, -0.2) is 46.6 Å². The minimum atomic E-state index is -0.633. The molecular weight excluding hydrogens is 320 g/mol. The molecule has 3 rings (SSSR count). The molecule has 0 radical (unpaired) electrons. The van der Waals surface area contributed by atoms with Crippen LogP contribution in [0.25, 0.3) is 0 Å². The van der Waals surface area contributed by atoms with Crippen LogP contribution in [-0.2, 0) is 11.3 Å². The fraction of sp³-hybridized carbons (Fsp3) is 0.632. The zero-order valence-corrected chi connectivity index (χ0v) is 15.3. The van der Waals surface area contributed by atoms with Gasteiger partial charge in [-0.2, -0.15) is 11.8 Å². The summed E-state index contributed by atoms with van der Waals surface area (Å²) in [5.74, 6) is 1.70. The molecule has 1 saturated heterocycles. The topological polar surface area (TPSA) is 52.6 Å². The summed E-state index contributed by atoms with van der Waals surface area (Å²) >= 11 is 2.04. The lowest BCUT2D eigenvalue weighted by molar-refractivity contribution is -0.142. The van der Waals surface area contributed by atoms with E-state index in [1.807, 2.05) is 11.8 Å². The van der Waals surface area contributed by atoms with Crippen molar-refractivity contribution in [1.82, 2.24) is 4.90 Å². The highest BCUT2D eigenvalue weighted by atomic mass is 32.2. The van der Waals surface area contributed by atoms with Gasteiger partial charge in [0, 0.05) is 42.9 Å². The highest BCUT2D eigenvalue weighted by Gasteiger charge is 2.26. The molecule has 2 N–H and O–H groups in total. The molecule has 1 saturated carbocycles. The Labute approximate surface area is 149 Å². The molecule has 1 aliphatic heterocycles. The van der Waals surface area contributed by atoms with Crippen LogP contribution >= 0.6 is 11.8 Å². The number of carbonyl (C=O) groups is 1. The summed E-state index contributed by atoms with van der Waals surface area (Å²) in [5.41, 5.74) is 3.86. The van der Waals surface area contributed by atoms with Crippen LogP contribution in [0.15, 0.2) is 18.2 Å². The van der Waals surface area contributed by atoms with E-state index in [2.05, 4.69) is 35.3 Å². The number of nitrogens with zero attached hydrogens (tertiary/aromatic N) is 1. The normalized spacial score (nSPS) is 25.4. The quantitative estimate of drug-likeness (QED) is 0.851. The number of hydrogen-bond acceptors (Lipinski definition) is 4. The number of rotatable bonds is 5. The maximum Gasteiger partial charge on any atom is 0.306 e. The zero-order valence-electron chi connectivity index (χ0n) is 14.5. The smallest absolute Gasteiger partial charge is 0.306 e. The van der Waals surface area contributed by atoms with E-state index in [4.69, 9.17) is 5.11 Å². The SMILES string of the molecule is Cc1ccc(CN2CCSCC2)cc1NC1CCC(C(=O)O)CC1. The summed E-state index contributed by atoms with van der Waals surface area (Å²) in [4.78, 5) is 13.6. The van der Waals surface area contributed by atoms with Gasteiger partial charge in [-0.3, -0.25) is 9.69 Å². The summed E-state index contributed by atoms with van der Waals surface area (Å²) in [5, 5.41) is 12.8. The number of aryl methyl sites for hydroxylation is 1. The van der Waals surface area contributed by atoms with Crippen molar-refractivity contribution in [1.29, 1.82) is 0 Å². The van der Waals surface area contributed by atoms with Crippen LogP contribution in [0.4, 0.5) is 5.69 Å². The van der Waals surface area contributed by atoms with E-state index >= 15 is 0 Å². The summed E-state index contributed by atoms with van der Waals surface area (Å²) < 4.78 is 0. The fourth-order valence-electron chi connectivity index (χ4n) is 3.65. The Bertz CT molecular complexity index is 564. The average Bonchev–Trinajstić information content (AvgIpc) is 2.59. The van der Waals surface area contributed by atoms with Gasteiger partial charge in [-0.25, -0.2) is 0 Å². The molecule has 0 atom stereocenters. The molecule has 1 aliphatic carbocycles. The number of carboxylic acids is 1. The molecule has 0 aromatic heterocycles. The van der Waals surface area contributed by atoms with Crippen molar-refractivity contribution in [2.45, 2.75) is 45.2 Å². The van der Waals surface area contributed by atoms with E-state index < -0.39 is 5.97 Å². The molecule has 2 fully saturated rings.